The van der Waals surface area contributed by atoms with Gasteiger partial charge >= 0.3 is 0 Å². The number of unbranched alkanes of at least 4 members (excludes halogenated alkanes) is 1. The van der Waals surface area contributed by atoms with E-state index in [1.54, 1.807) is 12.1 Å². The summed E-state index contributed by atoms with van der Waals surface area (Å²) >= 11 is 0. The predicted molar refractivity (Wildman–Crippen MR) is 145 cm³/mol. The van der Waals surface area contributed by atoms with E-state index in [1.807, 2.05) is 12.1 Å². The molecule has 37 heavy (non-hydrogen) atoms. The van der Waals surface area contributed by atoms with Crippen molar-refractivity contribution in [1.29, 1.82) is 0 Å². The number of benzene rings is 2. The molecule has 0 aliphatic carbocycles. The summed E-state index contributed by atoms with van der Waals surface area (Å²) in [6.07, 6.45) is 4.63. The zero-order valence-corrected chi connectivity index (χ0v) is 21.0. The van der Waals surface area contributed by atoms with Gasteiger partial charge in [-0.3, -0.25) is 4.79 Å². The minimum Gasteiger partial charge on any atom is -0.504 e. The lowest BCUT2D eigenvalue weighted by atomic mass is 10.1. The number of pyridine rings is 1. The van der Waals surface area contributed by atoms with Crippen LogP contribution in [0.4, 0.5) is 5.82 Å². The molecule has 0 spiro atoms. The number of fused-ring (bicyclic) bond motifs is 3. The van der Waals surface area contributed by atoms with Gasteiger partial charge in [-0.15, -0.1) is 0 Å². The summed E-state index contributed by atoms with van der Waals surface area (Å²) < 4.78 is 7.74. The van der Waals surface area contributed by atoms with Crippen molar-refractivity contribution in [2.45, 2.75) is 39.2 Å². The number of hydrogen-bond acceptors (Lipinski definition) is 7. The topological polar surface area (TPSA) is 136 Å². The standard InChI is InChI=1S/C28H33N5O4/c1-3-5-9-23-32-25-26(33(23)17-19-7-6-8-22(34)27(19)36)20-16-18(10-11-21(20)31-28(25)29)12-14-37-15-13-30-24(35)4-2/h4,6-8,10-11,16,34,36H,2-3,5,9,12-15,17H2,1H3,(H2,29,31)(H,30,35). The number of nitrogen functional groups attached to an aromatic ring is 1. The zero-order valence-electron chi connectivity index (χ0n) is 21.0. The molecule has 9 heteroatoms. The van der Waals surface area contributed by atoms with Crippen molar-refractivity contribution in [2.24, 2.45) is 0 Å². The van der Waals surface area contributed by atoms with Gasteiger partial charge < -0.3 is 30.6 Å². The van der Waals surface area contributed by atoms with Gasteiger partial charge in [0.05, 0.1) is 30.8 Å². The van der Waals surface area contributed by atoms with E-state index in [-0.39, 0.29) is 17.4 Å². The number of aromatic nitrogens is 3. The van der Waals surface area contributed by atoms with Crippen LogP contribution in [0.2, 0.25) is 0 Å². The second-order valence-electron chi connectivity index (χ2n) is 8.91. The zero-order chi connectivity index (χ0) is 26.4. The first-order valence-electron chi connectivity index (χ1n) is 12.5. The molecule has 1 amide bonds. The molecule has 0 aliphatic rings. The van der Waals surface area contributed by atoms with Crippen LogP contribution in [0.25, 0.3) is 21.9 Å². The van der Waals surface area contributed by atoms with Crippen LogP contribution in [0.1, 0.15) is 36.7 Å². The van der Waals surface area contributed by atoms with Crippen LogP contribution in [0.5, 0.6) is 11.5 Å². The monoisotopic (exact) mass is 503 g/mol. The number of hydrogen-bond donors (Lipinski definition) is 4. The highest BCUT2D eigenvalue weighted by Gasteiger charge is 2.19. The van der Waals surface area contributed by atoms with Crippen LogP contribution in [-0.2, 0) is 28.9 Å². The molecule has 4 rings (SSSR count). The lowest BCUT2D eigenvalue weighted by Crippen LogP contribution is -2.25. The summed E-state index contributed by atoms with van der Waals surface area (Å²) in [6.45, 7) is 7.22. The molecule has 0 saturated heterocycles. The minimum absolute atomic E-state index is 0.140. The van der Waals surface area contributed by atoms with Crippen molar-refractivity contribution in [3.8, 4) is 11.5 Å². The number of imidazole rings is 1. The Hall–Kier alpha value is -4.11. The van der Waals surface area contributed by atoms with E-state index >= 15 is 0 Å². The number of anilines is 1. The lowest BCUT2D eigenvalue weighted by Gasteiger charge is -2.13. The summed E-state index contributed by atoms with van der Waals surface area (Å²) in [5.74, 6) is 0.698. The molecular formula is C28H33N5O4. The molecule has 2 aromatic heterocycles. The number of nitrogens with two attached hydrogens (primary N) is 1. The number of nitrogens with one attached hydrogen (secondary N) is 1. The van der Waals surface area contributed by atoms with Crippen LogP contribution < -0.4 is 11.1 Å². The summed E-state index contributed by atoms with van der Waals surface area (Å²) in [5, 5.41) is 24.1. The maximum atomic E-state index is 11.2. The van der Waals surface area contributed by atoms with Crippen LogP contribution in [-0.4, -0.2) is 50.4 Å². The number of aryl methyl sites for hydroxylation is 1. The number of nitrogens with zero attached hydrogens (tertiary/aromatic N) is 3. The first kappa shape index (κ1) is 26.0. The third kappa shape index (κ3) is 5.83. The van der Waals surface area contributed by atoms with Gasteiger partial charge in [0.1, 0.15) is 11.3 Å². The van der Waals surface area contributed by atoms with Crippen LogP contribution >= 0.6 is 0 Å². The Morgan fingerprint density at radius 3 is 2.81 bits per heavy atom. The summed E-state index contributed by atoms with van der Waals surface area (Å²) in [6, 6.07) is 11.0. The molecule has 5 N–H and O–H groups in total. The van der Waals surface area contributed by atoms with E-state index < -0.39 is 0 Å². The third-order valence-electron chi connectivity index (χ3n) is 6.29. The van der Waals surface area contributed by atoms with E-state index in [1.165, 1.54) is 12.1 Å². The van der Waals surface area contributed by atoms with Crippen molar-refractivity contribution in [1.82, 2.24) is 19.9 Å². The maximum Gasteiger partial charge on any atom is 0.243 e. The second kappa shape index (κ2) is 11.7. The molecule has 0 radical (unpaired) electrons. The molecule has 0 aliphatic heterocycles. The van der Waals surface area contributed by atoms with Gasteiger partial charge in [0, 0.05) is 23.9 Å². The van der Waals surface area contributed by atoms with Gasteiger partial charge in [0.25, 0.3) is 0 Å². The molecule has 194 valence electrons. The van der Waals surface area contributed by atoms with Crippen molar-refractivity contribution >= 4 is 33.7 Å². The summed E-state index contributed by atoms with van der Waals surface area (Å²) in [5.41, 5.74) is 10.2. The lowest BCUT2D eigenvalue weighted by molar-refractivity contribution is -0.116. The number of carbonyl (C=O) groups excluding carboxylic acids is 1. The average molecular weight is 504 g/mol. The molecule has 0 bridgehead atoms. The quantitative estimate of drug-likeness (QED) is 0.131. The van der Waals surface area contributed by atoms with Crippen LogP contribution in [0, 0.1) is 0 Å². The van der Waals surface area contributed by atoms with Gasteiger partial charge in [-0.05, 0) is 42.7 Å². The van der Waals surface area contributed by atoms with E-state index in [0.717, 1.165) is 47.1 Å². The fourth-order valence-corrected chi connectivity index (χ4v) is 4.34. The second-order valence-corrected chi connectivity index (χ2v) is 8.91. The predicted octanol–water partition coefficient (Wildman–Crippen LogP) is 3.83. The number of amides is 1. The van der Waals surface area contributed by atoms with Crippen molar-refractivity contribution < 1.29 is 19.7 Å². The molecule has 0 saturated carbocycles. The average Bonchev–Trinajstić information content (AvgIpc) is 3.26. The summed E-state index contributed by atoms with van der Waals surface area (Å²) in [7, 11) is 0. The number of ether oxygens (including phenoxy) is 1. The molecule has 9 nitrogen and oxygen atoms in total. The Bertz CT molecular complexity index is 1430. The SMILES string of the molecule is C=CC(=O)NCCOCCc1ccc2nc(N)c3nc(CCCC)n(Cc4cccc(O)c4O)c3c2c1. The molecular weight excluding hydrogens is 470 g/mol. The third-order valence-corrected chi connectivity index (χ3v) is 6.29. The Balaban J connectivity index is 1.68. The van der Waals surface area contributed by atoms with E-state index in [0.29, 0.717) is 49.6 Å². The molecule has 0 atom stereocenters. The smallest absolute Gasteiger partial charge is 0.243 e. The molecule has 2 heterocycles. The van der Waals surface area contributed by atoms with Crippen molar-refractivity contribution in [3.05, 3.63) is 66.0 Å². The number of aromatic hydroxyl groups is 2. The van der Waals surface area contributed by atoms with Crippen molar-refractivity contribution in [3.63, 3.8) is 0 Å². The first-order valence-corrected chi connectivity index (χ1v) is 12.5. The number of carbonyl (C=O) groups is 1. The van der Waals surface area contributed by atoms with Crippen LogP contribution in [0.3, 0.4) is 0 Å². The highest BCUT2D eigenvalue weighted by atomic mass is 16.5. The molecule has 0 unspecified atom stereocenters. The van der Waals surface area contributed by atoms with Gasteiger partial charge in [-0.2, -0.15) is 0 Å². The molecule has 2 aromatic carbocycles. The summed E-state index contributed by atoms with van der Waals surface area (Å²) in [4.78, 5) is 20.7. The first-order chi connectivity index (χ1) is 17.9. The Morgan fingerprint density at radius 2 is 2.03 bits per heavy atom. The minimum atomic E-state index is -0.220. The van der Waals surface area contributed by atoms with E-state index in [9.17, 15) is 15.0 Å². The van der Waals surface area contributed by atoms with E-state index in [2.05, 4.69) is 34.4 Å². The highest BCUT2D eigenvalue weighted by molar-refractivity contribution is 6.06. The van der Waals surface area contributed by atoms with Gasteiger partial charge in [-0.25, -0.2) is 9.97 Å². The molecule has 0 fully saturated rings. The van der Waals surface area contributed by atoms with Crippen LogP contribution in [0.15, 0.2) is 49.1 Å². The number of para-hydroxylation sites is 1. The maximum absolute atomic E-state index is 11.2. The van der Waals surface area contributed by atoms with Gasteiger partial charge in [-0.1, -0.05) is 38.1 Å². The van der Waals surface area contributed by atoms with Gasteiger partial charge in [0.2, 0.25) is 5.91 Å². The fourth-order valence-electron chi connectivity index (χ4n) is 4.34. The Kier molecular flexibility index (Phi) is 8.25. The number of phenolic OH excluding ortho intramolecular Hbond substituents is 2. The highest BCUT2D eigenvalue weighted by Crippen LogP contribution is 2.34. The normalized spacial score (nSPS) is 11.3. The largest absolute Gasteiger partial charge is 0.504 e. The fraction of sp³-hybridized carbons (Fsp3) is 0.321. The van der Waals surface area contributed by atoms with E-state index in [4.69, 9.17) is 15.5 Å². The van der Waals surface area contributed by atoms with Crippen molar-refractivity contribution in [2.75, 3.05) is 25.5 Å². The number of rotatable bonds is 12. The van der Waals surface area contributed by atoms with Gasteiger partial charge in [0.15, 0.2) is 17.3 Å². The molecule has 4 aromatic rings. The Morgan fingerprint density at radius 1 is 1.19 bits per heavy atom. The Labute approximate surface area is 215 Å². The number of phenols is 2.